The molecule has 2 aromatic rings. The Morgan fingerprint density at radius 1 is 1.04 bits per heavy atom. The number of nitrogens with zero attached hydrogens (tertiary/aromatic N) is 2. The van der Waals surface area contributed by atoms with Crippen LogP contribution in [0.5, 0.6) is 0 Å². The maximum absolute atomic E-state index is 12.6. The SMILES string of the molecule is CN1CCC(CNC(=O)CN(C)Cc2ccccc2)(c2ccccc2)CC1. The first-order valence-corrected chi connectivity index (χ1v) is 9.81. The maximum atomic E-state index is 12.6. The van der Waals surface area contributed by atoms with Crippen molar-refractivity contribution in [2.24, 2.45) is 0 Å². The van der Waals surface area contributed by atoms with Crippen LogP contribution >= 0.6 is 0 Å². The van der Waals surface area contributed by atoms with E-state index in [4.69, 9.17) is 0 Å². The molecule has 0 aliphatic carbocycles. The Bertz CT molecular complexity index is 709. The highest BCUT2D eigenvalue weighted by atomic mass is 16.2. The standard InChI is InChI=1S/C23H31N3O/c1-25-15-13-23(14-16-25,21-11-7-4-8-12-21)19-24-22(27)18-26(2)17-20-9-5-3-6-10-20/h3-12H,13-19H2,1-2H3,(H,24,27). The summed E-state index contributed by atoms with van der Waals surface area (Å²) in [6, 6.07) is 21.0. The molecule has 1 saturated heterocycles. The van der Waals surface area contributed by atoms with Crippen molar-refractivity contribution in [1.29, 1.82) is 0 Å². The second-order valence-corrected chi connectivity index (χ2v) is 7.88. The van der Waals surface area contributed by atoms with E-state index in [1.165, 1.54) is 11.1 Å². The van der Waals surface area contributed by atoms with Crippen LogP contribution in [0.1, 0.15) is 24.0 Å². The lowest BCUT2D eigenvalue weighted by Crippen LogP contribution is -2.49. The summed E-state index contributed by atoms with van der Waals surface area (Å²) in [6.45, 7) is 4.04. The summed E-state index contributed by atoms with van der Waals surface area (Å²) in [4.78, 5) is 17.0. The van der Waals surface area contributed by atoms with E-state index in [-0.39, 0.29) is 11.3 Å². The minimum Gasteiger partial charge on any atom is -0.354 e. The largest absolute Gasteiger partial charge is 0.354 e. The second kappa shape index (κ2) is 9.16. The van der Waals surface area contributed by atoms with Crippen LogP contribution in [0.25, 0.3) is 0 Å². The van der Waals surface area contributed by atoms with Gasteiger partial charge in [0.05, 0.1) is 6.54 Å². The minimum atomic E-state index is 0.0431. The van der Waals surface area contributed by atoms with Crippen molar-refractivity contribution in [2.45, 2.75) is 24.8 Å². The highest BCUT2D eigenvalue weighted by Crippen LogP contribution is 2.34. The fourth-order valence-electron chi connectivity index (χ4n) is 3.93. The molecule has 0 aromatic heterocycles. The van der Waals surface area contributed by atoms with Crippen molar-refractivity contribution < 1.29 is 4.79 Å². The molecule has 1 N–H and O–H groups in total. The molecule has 0 bridgehead atoms. The summed E-state index contributed by atoms with van der Waals surface area (Å²) in [5, 5.41) is 3.22. The number of piperidine rings is 1. The third-order valence-electron chi connectivity index (χ3n) is 5.66. The van der Waals surface area contributed by atoms with Gasteiger partial charge in [-0.3, -0.25) is 9.69 Å². The Hall–Kier alpha value is -2.17. The van der Waals surface area contributed by atoms with E-state index in [2.05, 4.69) is 64.6 Å². The average molecular weight is 366 g/mol. The molecular weight excluding hydrogens is 334 g/mol. The van der Waals surface area contributed by atoms with E-state index in [9.17, 15) is 4.79 Å². The Kier molecular flexibility index (Phi) is 6.64. The van der Waals surface area contributed by atoms with Crippen LogP contribution in [0.2, 0.25) is 0 Å². The second-order valence-electron chi connectivity index (χ2n) is 7.88. The quantitative estimate of drug-likeness (QED) is 0.819. The van der Waals surface area contributed by atoms with Crippen LogP contribution in [-0.2, 0) is 16.8 Å². The van der Waals surface area contributed by atoms with E-state index in [0.717, 1.165) is 32.5 Å². The average Bonchev–Trinajstić information content (AvgIpc) is 2.69. The molecule has 4 nitrogen and oxygen atoms in total. The number of rotatable bonds is 7. The van der Waals surface area contributed by atoms with Crippen molar-refractivity contribution in [3.05, 3.63) is 71.8 Å². The molecule has 0 atom stereocenters. The van der Waals surface area contributed by atoms with E-state index < -0.39 is 0 Å². The van der Waals surface area contributed by atoms with Crippen molar-refractivity contribution in [3.63, 3.8) is 0 Å². The van der Waals surface area contributed by atoms with Crippen LogP contribution in [0.3, 0.4) is 0 Å². The van der Waals surface area contributed by atoms with Gasteiger partial charge < -0.3 is 10.2 Å². The maximum Gasteiger partial charge on any atom is 0.234 e. The van der Waals surface area contributed by atoms with Crippen LogP contribution in [0.4, 0.5) is 0 Å². The molecule has 1 fully saturated rings. The fourth-order valence-corrected chi connectivity index (χ4v) is 3.93. The number of nitrogens with one attached hydrogen (secondary N) is 1. The predicted octanol–water partition coefficient (Wildman–Crippen LogP) is 2.90. The van der Waals surface area contributed by atoms with Gasteiger partial charge in [0.25, 0.3) is 0 Å². The number of amides is 1. The number of hydrogen-bond donors (Lipinski definition) is 1. The van der Waals surface area contributed by atoms with Crippen molar-refractivity contribution in [1.82, 2.24) is 15.1 Å². The van der Waals surface area contributed by atoms with Gasteiger partial charge in [-0.2, -0.15) is 0 Å². The fraction of sp³-hybridized carbons (Fsp3) is 0.435. The zero-order valence-electron chi connectivity index (χ0n) is 16.5. The molecule has 27 heavy (non-hydrogen) atoms. The monoisotopic (exact) mass is 365 g/mol. The molecule has 1 aliphatic rings. The van der Waals surface area contributed by atoms with E-state index in [0.29, 0.717) is 13.1 Å². The smallest absolute Gasteiger partial charge is 0.234 e. The van der Waals surface area contributed by atoms with Crippen LogP contribution < -0.4 is 5.32 Å². The molecule has 0 radical (unpaired) electrons. The Labute approximate surface area is 163 Å². The number of likely N-dealkylation sites (tertiary alicyclic amines) is 1. The Morgan fingerprint density at radius 2 is 1.63 bits per heavy atom. The molecule has 1 heterocycles. The van der Waals surface area contributed by atoms with Gasteiger partial charge in [0, 0.05) is 18.5 Å². The zero-order valence-corrected chi connectivity index (χ0v) is 16.5. The van der Waals surface area contributed by atoms with Gasteiger partial charge in [0.1, 0.15) is 0 Å². The van der Waals surface area contributed by atoms with Gasteiger partial charge in [-0.25, -0.2) is 0 Å². The first-order chi connectivity index (χ1) is 13.1. The van der Waals surface area contributed by atoms with Gasteiger partial charge in [-0.1, -0.05) is 60.7 Å². The van der Waals surface area contributed by atoms with Crippen molar-refractivity contribution in [2.75, 3.05) is 40.3 Å². The van der Waals surface area contributed by atoms with E-state index >= 15 is 0 Å². The van der Waals surface area contributed by atoms with Gasteiger partial charge >= 0.3 is 0 Å². The first-order valence-electron chi connectivity index (χ1n) is 9.81. The van der Waals surface area contributed by atoms with E-state index in [1.54, 1.807) is 0 Å². The number of benzene rings is 2. The number of carbonyl (C=O) groups excluding carboxylic acids is 1. The molecule has 1 aliphatic heterocycles. The highest BCUT2D eigenvalue weighted by molar-refractivity contribution is 5.78. The lowest BCUT2D eigenvalue weighted by molar-refractivity contribution is -0.122. The summed E-state index contributed by atoms with van der Waals surface area (Å²) in [6.07, 6.45) is 2.15. The summed E-state index contributed by atoms with van der Waals surface area (Å²) < 4.78 is 0. The predicted molar refractivity (Wildman–Crippen MR) is 111 cm³/mol. The van der Waals surface area contributed by atoms with Gasteiger partial charge in [-0.15, -0.1) is 0 Å². The molecular formula is C23H31N3O. The number of likely N-dealkylation sites (N-methyl/N-ethyl adjacent to an activating group) is 1. The third-order valence-corrected chi connectivity index (χ3v) is 5.66. The molecule has 1 amide bonds. The zero-order chi connectivity index (χ0) is 19.1. The summed E-state index contributed by atoms with van der Waals surface area (Å²) in [7, 11) is 4.17. The summed E-state index contributed by atoms with van der Waals surface area (Å²) in [5.41, 5.74) is 2.61. The van der Waals surface area contributed by atoms with Crippen molar-refractivity contribution >= 4 is 5.91 Å². The van der Waals surface area contributed by atoms with Gasteiger partial charge in [0.15, 0.2) is 0 Å². The molecule has 3 rings (SSSR count). The van der Waals surface area contributed by atoms with Gasteiger partial charge in [0.2, 0.25) is 5.91 Å². The van der Waals surface area contributed by atoms with E-state index in [1.807, 2.05) is 25.2 Å². The molecule has 0 unspecified atom stereocenters. The molecule has 2 aromatic carbocycles. The number of carbonyl (C=O) groups is 1. The Morgan fingerprint density at radius 3 is 2.26 bits per heavy atom. The lowest BCUT2D eigenvalue weighted by Gasteiger charge is -2.41. The first kappa shape index (κ1) is 19.6. The summed E-state index contributed by atoms with van der Waals surface area (Å²) in [5.74, 6) is 0.0997. The summed E-state index contributed by atoms with van der Waals surface area (Å²) >= 11 is 0. The number of hydrogen-bond acceptors (Lipinski definition) is 3. The third kappa shape index (κ3) is 5.41. The topological polar surface area (TPSA) is 35.6 Å². The minimum absolute atomic E-state index is 0.0431. The van der Waals surface area contributed by atoms with Gasteiger partial charge in [-0.05, 0) is 51.2 Å². The normalized spacial score (nSPS) is 17.0. The molecule has 0 spiro atoms. The van der Waals surface area contributed by atoms with Crippen LogP contribution in [-0.4, -0.2) is 56.0 Å². The van der Waals surface area contributed by atoms with Crippen LogP contribution in [0.15, 0.2) is 60.7 Å². The molecule has 144 valence electrons. The van der Waals surface area contributed by atoms with Crippen molar-refractivity contribution in [3.8, 4) is 0 Å². The molecule has 4 heteroatoms. The highest BCUT2D eigenvalue weighted by Gasteiger charge is 2.35. The molecule has 0 saturated carbocycles. The van der Waals surface area contributed by atoms with Crippen LogP contribution in [0, 0.1) is 0 Å². The lowest BCUT2D eigenvalue weighted by atomic mass is 9.72. The Balaban J connectivity index is 1.57.